The summed E-state index contributed by atoms with van der Waals surface area (Å²) < 4.78 is 30.6. The maximum atomic E-state index is 11.3. The molecule has 0 atom stereocenters. The van der Waals surface area contributed by atoms with Gasteiger partial charge in [-0.25, -0.2) is 13.6 Å². The number of rotatable bonds is 3. The van der Waals surface area contributed by atoms with Crippen molar-refractivity contribution in [2.45, 2.75) is 17.9 Å². The predicted molar refractivity (Wildman–Crippen MR) is 110 cm³/mol. The van der Waals surface area contributed by atoms with Crippen molar-refractivity contribution in [1.29, 1.82) is 0 Å². The molecule has 0 aliphatic carbocycles. The first-order valence-electron chi connectivity index (χ1n) is 8.83. The summed E-state index contributed by atoms with van der Waals surface area (Å²) in [6.45, 7) is 1.91. The quantitative estimate of drug-likeness (QED) is 0.464. The molecule has 0 saturated carbocycles. The van der Waals surface area contributed by atoms with Gasteiger partial charge in [0.1, 0.15) is 5.75 Å². The normalized spacial score (nSPS) is 13.3. The SMILES string of the molecule is Nc1cc2c3c(c1)cc(C#CCNc1ccc(S(N)(=O)=O)cc1)n3CCCO2. The molecule has 3 aromatic rings. The Balaban J connectivity index is 1.53. The Labute approximate surface area is 163 Å². The molecular weight excluding hydrogens is 376 g/mol. The summed E-state index contributed by atoms with van der Waals surface area (Å²) >= 11 is 0. The molecule has 0 amide bonds. The van der Waals surface area contributed by atoms with Crippen molar-refractivity contribution in [3.05, 3.63) is 48.2 Å². The van der Waals surface area contributed by atoms with Gasteiger partial charge >= 0.3 is 0 Å². The van der Waals surface area contributed by atoms with Crippen molar-refractivity contribution in [1.82, 2.24) is 4.57 Å². The van der Waals surface area contributed by atoms with Crippen LogP contribution in [0.2, 0.25) is 0 Å². The van der Waals surface area contributed by atoms with Gasteiger partial charge in [0.15, 0.2) is 0 Å². The second kappa shape index (κ2) is 7.11. The van der Waals surface area contributed by atoms with Crippen molar-refractivity contribution in [2.24, 2.45) is 5.14 Å². The average Bonchev–Trinajstić information content (AvgIpc) is 2.84. The third-order valence-electron chi connectivity index (χ3n) is 4.54. The number of aromatic nitrogens is 1. The first-order valence-corrected chi connectivity index (χ1v) is 10.4. The summed E-state index contributed by atoms with van der Waals surface area (Å²) in [5.74, 6) is 7.12. The van der Waals surface area contributed by atoms with E-state index in [0.29, 0.717) is 18.8 Å². The van der Waals surface area contributed by atoms with Crippen LogP contribution in [0, 0.1) is 11.8 Å². The Morgan fingerprint density at radius 3 is 2.71 bits per heavy atom. The van der Waals surface area contributed by atoms with Gasteiger partial charge in [-0.05, 0) is 48.7 Å². The third kappa shape index (κ3) is 3.63. The number of anilines is 2. The fourth-order valence-corrected chi connectivity index (χ4v) is 3.81. The van der Waals surface area contributed by atoms with Crippen LogP contribution in [0.25, 0.3) is 10.9 Å². The van der Waals surface area contributed by atoms with E-state index in [-0.39, 0.29) is 4.90 Å². The van der Waals surface area contributed by atoms with Gasteiger partial charge in [-0.15, -0.1) is 0 Å². The van der Waals surface area contributed by atoms with E-state index in [1.807, 2.05) is 18.2 Å². The Hall–Kier alpha value is -3.15. The van der Waals surface area contributed by atoms with Crippen LogP contribution in [0.15, 0.2) is 47.4 Å². The number of nitrogens with zero attached hydrogens (tertiary/aromatic N) is 1. The standard InChI is InChI=1S/C20H20N4O3S/c21-15-11-14-12-17(24-9-2-10-27-19(13-15)20(14)24)3-1-8-23-16-4-6-18(7-5-16)28(22,25)26/h4-7,11-13,23H,2,8-10,21H2,(H2,22,25,26). The second-order valence-corrected chi connectivity index (χ2v) is 8.13. The first kappa shape index (κ1) is 18.2. The minimum absolute atomic E-state index is 0.0801. The molecule has 0 unspecified atom stereocenters. The zero-order chi connectivity index (χ0) is 19.7. The molecule has 0 saturated heterocycles. The minimum Gasteiger partial charge on any atom is -0.491 e. The molecule has 0 spiro atoms. The summed E-state index contributed by atoms with van der Waals surface area (Å²) in [6, 6.07) is 12.1. The second-order valence-electron chi connectivity index (χ2n) is 6.56. The highest BCUT2D eigenvalue weighted by molar-refractivity contribution is 7.89. The number of hydrogen-bond acceptors (Lipinski definition) is 5. The maximum absolute atomic E-state index is 11.3. The number of nitrogens with one attached hydrogen (secondary N) is 1. The van der Waals surface area contributed by atoms with Gasteiger partial charge in [0.05, 0.1) is 29.3 Å². The molecule has 2 aromatic carbocycles. The van der Waals surface area contributed by atoms with E-state index in [0.717, 1.165) is 41.0 Å². The lowest BCUT2D eigenvalue weighted by atomic mass is 10.2. The molecule has 144 valence electrons. The van der Waals surface area contributed by atoms with E-state index < -0.39 is 10.0 Å². The lowest BCUT2D eigenvalue weighted by molar-refractivity contribution is 0.316. The Morgan fingerprint density at radius 2 is 1.96 bits per heavy atom. The summed E-state index contributed by atoms with van der Waals surface area (Å²) in [5, 5.41) is 9.27. The molecule has 2 heterocycles. The maximum Gasteiger partial charge on any atom is 0.238 e. The highest BCUT2D eigenvalue weighted by Gasteiger charge is 2.16. The van der Waals surface area contributed by atoms with Gasteiger partial charge in [-0.2, -0.15) is 0 Å². The van der Waals surface area contributed by atoms with Gasteiger partial charge in [0.25, 0.3) is 0 Å². The topological polar surface area (TPSA) is 112 Å². The van der Waals surface area contributed by atoms with Gasteiger partial charge < -0.3 is 20.4 Å². The zero-order valence-corrected chi connectivity index (χ0v) is 15.9. The lowest BCUT2D eigenvalue weighted by Crippen LogP contribution is -2.12. The van der Waals surface area contributed by atoms with E-state index in [9.17, 15) is 8.42 Å². The van der Waals surface area contributed by atoms with Crippen LogP contribution in [-0.2, 0) is 16.6 Å². The molecular formula is C20H20N4O3S. The highest BCUT2D eigenvalue weighted by atomic mass is 32.2. The largest absolute Gasteiger partial charge is 0.491 e. The number of ether oxygens (including phenoxy) is 1. The molecule has 0 bridgehead atoms. The number of aryl methyl sites for hydroxylation is 1. The van der Waals surface area contributed by atoms with Gasteiger partial charge in [0.2, 0.25) is 10.0 Å². The number of nitrogens with two attached hydrogens (primary N) is 2. The fraction of sp³-hybridized carbons (Fsp3) is 0.200. The highest BCUT2D eigenvalue weighted by Crippen LogP contribution is 2.33. The fourth-order valence-electron chi connectivity index (χ4n) is 3.29. The van der Waals surface area contributed by atoms with Gasteiger partial charge in [0, 0.05) is 29.4 Å². The van der Waals surface area contributed by atoms with Crippen LogP contribution >= 0.6 is 0 Å². The monoisotopic (exact) mass is 396 g/mol. The molecule has 28 heavy (non-hydrogen) atoms. The molecule has 8 heteroatoms. The predicted octanol–water partition coefficient (Wildman–Crippen LogP) is 2.12. The van der Waals surface area contributed by atoms with Crippen LogP contribution < -0.4 is 20.9 Å². The van der Waals surface area contributed by atoms with Crippen molar-refractivity contribution in [2.75, 3.05) is 24.2 Å². The first-order chi connectivity index (χ1) is 13.4. The van der Waals surface area contributed by atoms with Crippen LogP contribution in [0.1, 0.15) is 12.1 Å². The van der Waals surface area contributed by atoms with E-state index >= 15 is 0 Å². The summed E-state index contributed by atoms with van der Waals surface area (Å²) in [6.07, 6.45) is 0.904. The molecule has 0 fully saturated rings. The molecule has 5 N–H and O–H groups in total. The van der Waals surface area contributed by atoms with Crippen LogP contribution in [-0.4, -0.2) is 26.1 Å². The number of hydrogen-bond donors (Lipinski definition) is 3. The average molecular weight is 396 g/mol. The molecule has 0 radical (unpaired) electrons. The molecule has 1 aliphatic heterocycles. The smallest absolute Gasteiger partial charge is 0.238 e. The van der Waals surface area contributed by atoms with Crippen LogP contribution in [0.4, 0.5) is 11.4 Å². The summed E-state index contributed by atoms with van der Waals surface area (Å²) in [7, 11) is -3.68. The number of benzene rings is 2. The van der Waals surface area contributed by atoms with E-state index in [4.69, 9.17) is 15.6 Å². The lowest BCUT2D eigenvalue weighted by Gasteiger charge is -2.06. The van der Waals surface area contributed by atoms with E-state index in [1.165, 1.54) is 12.1 Å². The van der Waals surface area contributed by atoms with E-state index in [1.54, 1.807) is 12.1 Å². The van der Waals surface area contributed by atoms with Crippen molar-refractivity contribution >= 4 is 32.3 Å². The molecule has 1 aromatic heterocycles. The summed E-state index contributed by atoms with van der Waals surface area (Å²) in [5.41, 5.74) is 9.36. The van der Waals surface area contributed by atoms with Gasteiger partial charge in [-0.3, -0.25) is 0 Å². The Bertz CT molecular complexity index is 1200. The third-order valence-corrected chi connectivity index (χ3v) is 5.47. The van der Waals surface area contributed by atoms with Crippen LogP contribution in [0.3, 0.4) is 0 Å². The Morgan fingerprint density at radius 1 is 1.18 bits per heavy atom. The minimum atomic E-state index is -3.68. The number of primary sulfonamides is 1. The van der Waals surface area contributed by atoms with Crippen LogP contribution in [0.5, 0.6) is 5.75 Å². The van der Waals surface area contributed by atoms with Crippen molar-refractivity contribution < 1.29 is 13.2 Å². The molecule has 7 nitrogen and oxygen atoms in total. The number of sulfonamides is 1. The zero-order valence-electron chi connectivity index (χ0n) is 15.1. The van der Waals surface area contributed by atoms with Crippen molar-refractivity contribution in [3.8, 4) is 17.6 Å². The Kier molecular flexibility index (Phi) is 4.63. The number of nitrogen functional groups attached to an aromatic ring is 1. The van der Waals surface area contributed by atoms with Gasteiger partial charge in [-0.1, -0.05) is 5.92 Å². The van der Waals surface area contributed by atoms with E-state index in [2.05, 4.69) is 21.7 Å². The molecule has 4 rings (SSSR count). The van der Waals surface area contributed by atoms with Crippen molar-refractivity contribution in [3.63, 3.8) is 0 Å². The molecule has 1 aliphatic rings. The summed E-state index contributed by atoms with van der Waals surface area (Å²) in [4.78, 5) is 0.0801.